The summed E-state index contributed by atoms with van der Waals surface area (Å²) < 4.78 is 28.9. The van der Waals surface area contributed by atoms with E-state index in [0.717, 1.165) is 25.3 Å². The molecule has 2 atom stereocenters. The number of aromatic nitrogens is 2. The summed E-state index contributed by atoms with van der Waals surface area (Å²) in [5.41, 5.74) is 6.46. The fourth-order valence-electron chi connectivity index (χ4n) is 2.71. The Bertz CT molecular complexity index is 606. The molecule has 1 aromatic carbocycles. The normalized spacial score (nSPS) is 22.6. The molecule has 0 bridgehead atoms. The number of fused-ring (bicyclic) bond motifs is 1. The highest BCUT2D eigenvalue weighted by Gasteiger charge is 2.40. The Morgan fingerprint density at radius 1 is 1.44 bits per heavy atom. The first-order valence-electron chi connectivity index (χ1n) is 6.25. The van der Waals surface area contributed by atoms with Crippen molar-refractivity contribution >= 4 is 17.0 Å². The number of rotatable bonds is 3. The topological polar surface area (TPSA) is 43.8 Å². The van der Waals surface area contributed by atoms with Crippen LogP contribution in [-0.4, -0.2) is 9.55 Å². The van der Waals surface area contributed by atoms with Crippen LogP contribution in [-0.2, 0) is 0 Å². The smallest absolute Gasteiger partial charge is 0.201 e. The molecule has 1 fully saturated rings. The van der Waals surface area contributed by atoms with Gasteiger partial charge in [-0.2, -0.15) is 0 Å². The van der Waals surface area contributed by atoms with Gasteiger partial charge in [0, 0.05) is 6.04 Å². The lowest BCUT2D eigenvalue weighted by molar-refractivity contribution is 0.510. The zero-order valence-corrected chi connectivity index (χ0v) is 10.2. The van der Waals surface area contributed by atoms with E-state index in [-0.39, 0.29) is 17.5 Å². The summed E-state index contributed by atoms with van der Waals surface area (Å²) in [5.74, 6) is -0.911. The summed E-state index contributed by atoms with van der Waals surface area (Å²) in [5, 5.41) is 0. The van der Waals surface area contributed by atoms with Gasteiger partial charge in [-0.1, -0.05) is 13.3 Å². The van der Waals surface area contributed by atoms with Crippen molar-refractivity contribution in [3.63, 3.8) is 0 Å². The summed E-state index contributed by atoms with van der Waals surface area (Å²) >= 11 is 0. The van der Waals surface area contributed by atoms with E-state index in [1.54, 1.807) is 4.57 Å². The third kappa shape index (κ3) is 1.57. The van der Waals surface area contributed by atoms with Crippen molar-refractivity contribution in [1.82, 2.24) is 9.55 Å². The summed E-state index contributed by atoms with van der Waals surface area (Å²) in [6, 6.07) is 2.73. The van der Waals surface area contributed by atoms with Gasteiger partial charge in [0.25, 0.3) is 0 Å². The highest BCUT2D eigenvalue weighted by atomic mass is 19.2. The van der Waals surface area contributed by atoms with Crippen LogP contribution in [0.5, 0.6) is 0 Å². The molecule has 0 spiro atoms. The Morgan fingerprint density at radius 3 is 2.94 bits per heavy atom. The Balaban J connectivity index is 2.11. The van der Waals surface area contributed by atoms with Gasteiger partial charge in [-0.05, 0) is 30.9 Å². The average Bonchev–Trinajstić information content (AvgIpc) is 2.99. The monoisotopic (exact) mass is 251 g/mol. The summed E-state index contributed by atoms with van der Waals surface area (Å²) in [6.45, 7) is 2.12. The molecule has 1 saturated carbocycles. The maximum Gasteiger partial charge on any atom is 0.201 e. The Labute approximate surface area is 104 Å². The lowest BCUT2D eigenvalue weighted by Gasteiger charge is -2.06. The van der Waals surface area contributed by atoms with E-state index in [2.05, 4.69) is 11.9 Å². The molecule has 1 aromatic heterocycles. The molecule has 3 nitrogen and oxygen atoms in total. The maximum atomic E-state index is 13.9. The molecule has 0 aliphatic heterocycles. The van der Waals surface area contributed by atoms with Gasteiger partial charge in [0.2, 0.25) is 5.95 Å². The number of halogens is 2. The molecule has 0 saturated heterocycles. The average molecular weight is 251 g/mol. The lowest BCUT2D eigenvalue weighted by Crippen LogP contribution is -2.04. The highest BCUT2D eigenvalue weighted by molar-refractivity contribution is 5.79. The predicted molar refractivity (Wildman–Crippen MR) is 66.1 cm³/mol. The highest BCUT2D eigenvalue weighted by Crippen LogP contribution is 2.49. The van der Waals surface area contributed by atoms with Crippen LogP contribution in [0.4, 0.5) is 14.7 Å². The minimum Gasteiger partial charge on any atom is -0.369 e. The molecule has 2 unspecified atom stereocenters. The molecule has 3 rings (SSSR count). The van der Waals surface area contributed by atoms with E-state index in [4.69, 9.17) is 5.73 Å². The molecule has 18 heavy (non-hydrogen) atoms. The SMILES string of the molecule is CCCC1CC1n1c(N)nc2ccc(F)c(F)c21. The molecule has 1 aliphatic carbocycles. The van der Waals surface area contributed by atoms with Crippen molar-refractivity contribution in [1.29, 1.82) is 0 Å². The van der Waals surface area contributed by atoms with Gasteiger partial charge in [-0.15, -0.1) is 0 Å². The Hall–Kier alpha value is -1.65. The number of hydrogen-bond donors (Lipinski definition) is 1. The number of imidazole rings is 1. The number of hydrogen-bond acceptors (Lipinski definition) is 2. The van der Waals surface area contributed by atoms with Gasteiger partial charge in [0.05, 0.1) is 5.52 Å². The van der Waals surface area contributed by atoms with Gasteiger partial charge in [-0.25, -0.2) is 13.8 Å². The molecule has 5 heteroatoms. The van der Waals surface area contributed by atoms with Crippen LogP contribution in [0.2, 0.25) is 0 Å². The first-order chi connectivity index (χ1) is 8.63. The van der Waals surface area contributed by atoms with E-state index < -0.39 is 11.6 Å². The molecule has 2 aromatic rings. The van der Waals surface area contributed by atoms with Crippen molar-refractivity contribution in [2.45, 2.75) is 32.2 Å². The van der Waals surface area contributed by atoms with Crippen LogP contribution in [0.3, 0.4) is 0 Å². The third-order valence-electron chi connectivity index (χ3n) is 3.65. The maximum absolute atomic E-state index is 13.9. The van der Waals surface area contributed by atoms with Gasteiger partial charge in [-0.3, -0.25) is 0 Å². The van der Waals surface area contributed by atoms with Crippen LogP contribution >= 0.6 is 0 Å². The first-order valence-corrected chi connectivity index (χ1v) is 6.25. The molecule has 1 heterocycles. The number of nitrogens with two attached hydrogens (primary N) is 1. The minimum absolute atomic E-state index is 0.172. The molecule has 1 aliphatic rings. The van der Waals surface area contributed by atoms with E-state index in [1.807, 2.05) is 0 Å². The summed E-state index contributed by atoms with van der Waals surface area (Å²) in [4.78, 5) is 4.10. The van der Waals surface area contributed by atoms with E-state index in [1.165, 1.54) is 6.07 Å². The van der Waals surface area contributed by atoms with Crippen molar-refractivity contribution in [2.24, 2.45) is 5.92 Å². The summed E-state index contributed by atoms with van der Waals surface area (Å²) in [7, 11) is 0. The summed E-state index contributed by atoms with van der Waals surface area (Å²) in [6.07, 6.45) is 3.14. The van der Waals surface area contributed by atoms with Gasteiger partial charge >= 0.3 is 0 Å². The van der Waals surface area contributed by atoms with Crippen LogP contribution in [0.25, 0.3) is 11.0 Å². The number of nitrogens with zero attached hydrogens (tertiary/aromatic N) is 2. The third-order valence-corrected chi connectivity index (χ3v) is 3.65. The number of nitrogen functional groups attached to an aromatic ring is 1. The Morgan fingerprint density at radius 2 is 2.22 bits per heavy atom. The minimum atomic E-state index is -0.851. The fraction of sp³-hybridized carbons (Fsp3) is 0.462. The molecule has 0 radical (unpaired) electrons. The predicted octanol–water partition coefficient (Wildman–Crippen LogP) is 3.26. The van der Waals surface area contributed by atoms with Crippen molar-refractivity contribution in [2.75, 3.05) is 5.73 Å². The van der Waals surface area contributed by atoms with E-state index in [9.17, 15) is 8.78 Å². The quantitative estimate of drug-likeness (QED) is 0.909. The van der Waals surface area contributed by atoms with Gasteiger partial charge < -0.3 is 10.3 Å². The molecular weight excluding hydrogens is 236 g/mol. The molecule has 96 valence electrons. The second-order valence-corrected chi connectivity index (χ2v) is 4.92. The van der Waals surface area contributed by atoms with Gasteiger partial charge in [0.1, 0.15) is 5.52 Å². The number of anilines is 1. The van der Waals surface area contributed by atoms with E-state index >= 15 is 0 Å². The second-order valence-electron chi connectivity index (χ2n) is 4.92. The lowest BCUT2D eigenvalue weighted by atomic mass is 10.2. The van der Waals surface area contributed by atoms with Crippen molar-refractivity contribution < 1.29 is 8.78 Å². The van der Waals surface area contributed by atoms with Crippen molar-refractivity contribution in [3.8, 4) is 0 Å². The Kier molecular flexibility index (Phi) is 2.50. The second kappa shape index (κ2) is 3.93. The van der Waals surface area contributed by atoms with Crippen LogP contribution < -0.4 is 5.73 Å². The van der Waals surface area contributed by atoms with Crippen molar-refractivity contribution in [3.05, 3.63) is 23.8 Å². The molecular formula is C13H15F2N3. The van der Waals surface area contributed by atoms with Crippen LogP contribution in [0.15, 0.2) is 12.1 Å². The zero-order chi connectivity index (χ0) is 12.9. The first kappa shape index (κ1) is 11.4. The largest absolute Gasteiger partial charge is 0.369 e. The van der Waals surface area contributed by atoms with Crippen LogP contribution in [0, 0.1) is 17.6 Å². The fourth-order valence-corrected chi connectivity index (χ4v) is 2.71. The zero-order valence-electron chi connectivity index (χ0n) is 10.2. The van der Waals surface area contributed by atoms with Crippen LogP contribution in [0.1, 0.15) is 32.2 Å². The number of benzene rings is 1. The standard InChI is InChI=1S/C13H15F2N3/c1-2-3-7-6-10(7)18-12-9(17-13(18)16)5-4-8(14)11(12)15/h4-5,7,10H,2-3,6H2,1H3,(H2,16,17). The molecule has 0 amide bonds. The molecule has 2 N–H and O–H groups in total. The van der Waals surface area contributed by atoms with Gasteiger partial charge in [0.15, 0.2) is 11.6 Å². The van der Waals surface area contributed by atoms with E-state index in [0.29, 0.717) is 11.4 Å².